The van der Waals surface area contributed by atoms with Gasteiger partial charge in [-0.25, -0.2) is 0 Å². The van der Waals surface area contributed by atoms with E-state index in [1.807, 2.05) is 38.1 Å². The number of hydrogen-bond acceptors (Lipinski definition) is 4. The molecule has 1 aliphatic carbocycles. The van der Waals surface area contributed by atoms with Gasteiger partial charge in [-0.3, -0.25) is 4.79 Å². The van der Waals surface area contributed by atoms with E-state index in [2.05, 4.69) is 39.0 Å². The van der Waals surface area contributed by atoms with Crippen LogP contribution < -0.4 is 0 Å². The van der Waals surface area contributed by atoms with Crippen molar-refractivity contribution >= 4 is 17.5 Å². The summed E-state index contributed by atoms with van der Waals surface area (Å²) in [6.45, 7) is 4.62. The topological polar surface area (TPSA) is 47.8 Å². The molecule has 0 saturated carbocycles. The lowest BCUT2D eigenvalue weighted by Gasteiger charge is -2.13. The zero-order chi connectivity index (χ0) is 18.8. The van der Waals surface area contributed by atoms with Crippen LogP contribution >= 0.6 is 11.8 Å². The second-order valence-corrected chi connectivity index (χ2v) is 8.37. The summed E-state index contributed by atoms with van der Waals surface area (Å²) < 4.78 is 2.08. The van der Waals surface area contributed by atoms with E-state index in [0.717, 1.165) is 29.4 Å². The molecule has 0 saturated heterocycles. The molecule has 1 unspecified atom stereocenters. The Balaban J connectivity index is 1.51. The van der Waals surface area contributed by atoms with E-state index in [1.54, 1.807) is 0 Å². The highest BCUT2D eigenvalue weighted by molar-refractivity contribution is 8.00. The van der Waals surface area contributed by atoms with Crippen molar-refractivity contribution in [2.45, 2.75) is 50.1 Å². The van der Waals surface area contributed by atoms with Crippen LogP contribution in [0.15, 0.2) is 53.7 Å². The van der Waals surface area contributed by atoms with Crippen LogP contribution in [0.2, 0.25) is 0 Å². The van der Waals surface area contributed by atoms with E-state index in [9.17, 15) is 4.79 Å². The Hall–Kier alpha value is -2.40. The lowest BCUT2D eigenvalue weighted by Crippen LogP contribution is -2.15. The molecule has 0 bridgehead atoms. The summed E-state index contributed by atoms with van der Waals surface area (Å²) in [6, 6.07) is 16.4. The molecule has 4 rings (SSSR count). The summed E-state index contributed by atoms with van der Waals surface area (Å²) in [4.78, 5) is 12.9. The number of thioether (sulfide) groups is 1. The van der Waals surface area contributed by atoms with E-state index >= 15 is 0 Å². The van der Waals surface area contributed by atoms with Crippen LogP contribution in [-0.4, -0.2) is 25.8 Å². The van der Waals surface area contributed by atoms with Crippen molar-refractivity contribution in [1.82, 2.24) is 14.8 Å². The lowest BCUT2D eigenvalue weighted by molar-refractivity contribution is 0.0993. The summed E-state index contributed by atoms with van der Waals surface area (Å²) in [5.41, 5.74) is 4.73. The molecule has 1 heterocycles. The van der Waals surface area contributed by atoms with E-state index in [4.69, 9.17) is 0 Å². The van der Waals surface area contributed by atoms with E-state index in [1.165, 1.54) is 34.9 Å². The van der Waals surface area contributed by atoms with Crippen LogP contribution in [0.3, 0.4) is 0 Å². The third-order valence-electron chi connectivity index (χ3n) is 5.12. The van der Waals surface area contributed by atoms with Crippen molar-refractivity contribution in [3.63, 3.8) is 0 Å². The minimum atomic E-state index is -0.206. The Kier molecular flexibility index (Phi) is 5.12. The number of hydrogen-bond donors (Lipinski definition) is 0. The standard InChI is InChI=1S/C22H23N3OS/c1-15(21(26)20-12-11-18-9-6-10-19(18)13-20)27-22-24-23-16(2)25(22)14-17-7-4-3-5-8-17/h3-5,7-8,11-13,15H,6,9-10,14H2,1-2H3. The van der Waals surface area contributed by atoms with Gasteiger partial charge in [0.25, 0.3) is 0 Å². The number of carbonyl (C=O) groups is 1. The van der Waals surface area contributed by atoms with Gasteiger partial charge in [-0.2, -0.15) is 0 Å². The molecule has 4 nitrogen and oxygen atoms in total. The molecule has 0 N–H and O–H groups in total. The zero-order valence-corrected chi connectivity index (χ0v) is 16.5. The molecule has 0 aliphatic heterocycles. The molecule has 27 heavy (non-hydrogen) atoms. The summed E-state index contributed by atoms with van der Waals surface area (Å²) in [5, 5.41) is 9.12. The second kappa shape index (κ2) is 7.69. The summed E-state index contributed by atoms with van der Waals surface area (Å²) in [5.74, 6) is 1.01. The molecule has 0 fully saturated rings. The Morgan fingerprint density at radius 3 is 2.70 bits per heavy atom. The highest BCUT2D eigenvalue weighted by atomic mass is 32.2. The van der Waals surface area contributed by atoms with Crippen molar-refractivity contribution in [3.05, 3.63) is 76.6 Å². The zero-order valence-electron chi connectivity index (χ0n) is 15.7. The first-order valence-corrected chi connectivity index (χ1v) is 10.3. The van der Waals surface area contributed by atoms with Crippen LogP contribution in [-0.2, 0) is 19.4 Å². The van der Waals surface area contributed by atoms with Crippen molar-refractivity contribution in [2.75, 3.05) is 0 Å². The van der Waals surface area contributed by atoms with Crippen LogP contribution in [0.1, 0.15) is 46.2 Å². The molecule has 1 aromatic heterocycles. The summed E-state index contributed by atoms with van der Waals surface area (Å²) in [6.07, 6.45) is 3.41. The monoisotopic (exact) mass is 377 g/mol. The molecule has 5 heteroatoms. The third-order valence-corrected chi connectivity index (χ3v) is 6.20. The number of benzene rings is 2. The number of ketones is 1. The van der Waals surface area contributed by atoms with Crippen molar-refractivity contribution in [3.8, 4) is 0 Å². The fourth-order valence-electron chi connectivity index (χ4n) is 3.57. The number of aromatic nitrogens is 3. The van der Waals surface area contributed by atoms with Crippen molar-refractivity contribution in [1.29, 1.82) is 0 Å². The molecule has 1 aliphatic rings. The number of fused-ring (bicyclic) bond motifs is 1. The molecule has 1 atom stereocenters. The highest BCUT2D eigenvalue weighted by Crippen LogP contribution is 2.28. The van der Waals surface area contributed by atoms with Gasteiger partial charge >= 0.3 is 0 Å². The fraction of sp³-hybridized carbons (Fsp3) is 0.318. The van der Waals surface area contributed by atoms with E-state index in [-0.39, 0.29) is 11.0 Å². The largest absolute Gasteiger partial charge is 0.302 e. The van der Waals surface area contributed by atoms with Gasteiger partial charge in [0.2, 0.25) is 0 Å². The van der Waals surface area contributed by atoms with Crippen LogP contribution in [0, 0.1) is 6.92 Å². The Morgan fingerprint density at radius 1 is 1.11 bits per heavy atom. The first-order chi connectivity index (χ1) is 13.1. The third kappa shape index (κ3) is 3.83. The van der Waals surface area contributed by atoms with Crippen molar-refractivity contribution < 1.29 is 4.79 Å². The molecule has 0 amide bonds. The molecule has 2 aromatic carbocycles. The Labute approximate surface area is 164 Å². The molecule has 0 spiro atoms. The summed E-state index contributed by atoms with van der Waals surface area (Å²) >= 11 is 1.49. The first kappa shape index (κ1) is 18.0. The normalized spacial score (nSPS) is 14.1. The molecule has 0 radical (unpaired) electrons. The van der Waals surface area contributed by atoms with Gasteiger partial charge in [-0.15, -0.1) is 10.2 Å². The van der Waals surface area contributed by atoms with E-state index in [0.29, 0.717) is 6.54 Å². The number of aryl methyl sites for hydroxylation is 3. The van der Waals surface area contributed by atoms with Gasteiger partial charge in [0.15, 0.2) is 10.9 Å². The number of carbonyl (C=O) groups excluding carboxylic acids is 1. The molecule has 138 valence electrons. The minimum absolute atomic E-state index is 0.154. The van der Waals surface area contributed by atoms with E-state index < -0.39 is 0 Å². The SMILES string of the molecule is Cc1nnc(SC(C)C(=O)c2ccc3c(c2)CCC3)n1Cc1ccccc1. The maximum absolute atomic E-state index is 12.9. The quantitative estimate of drug-likeness (QED) is 0.469. The van der Waals surface area contributed by atoms with Gasteiger partial charge in [-0.05, 0) is 55.9 Å². The van der Waals surface area contributed by atoms with Gasteiger partial charge in [0, 0.05) is 5.56 Å². The van der Waals surface area contributed by atoms with Crippen LogP contribution in [0.25, 0.3) is 0 Å². The van der Waals surface area contributed by atoms with Gasteiger partial charge in [0.1, 0.15) is 5.82 Å². The van der Waals surface area contributed by atoms with Crippen LogP contribution in [0.4, 0.5) is 0 Å². The fourth-order valence-corrected chi connectivity index (χ4v) is 4.54. The minimum Gasteiger partial charge on any atom is -0.302 e. The smallest absolute Gasteiger partial charge is 0.192 e. The van der Waals surface area contributed by atoms with Gasteiger partial charge < -0.3 is 4.57 Å². The highest BCUT2D eigenvalue weighted by Gasteiger charge is 2.22. The molecular weight excluding hydrogens is 354 g/mol. The average Bonchev–Trinajstić information content (AvgIpc) is 3.29. The second-order valence-electron chi connectivity index (χ2n) is 7.06. The first-order valence-electron chi connectivity index (χ1n) is 9.38. The Bertz CT molecular complexity index is 965. The van der Waals surface area contributed by atoms with Gasteiger partial charge in [-0.1, -0.05) is 54.2 Å². The Morgan fingerprint density at radius 2 is 1.89 bits per heavy atom. The number of Topliss-reactive ketones (excluding diaryl/α,β-unsaturated/α-hetero) is 1. The summed E-state index contributed by atoms with van der Waals surface area (Å²) in [7, 11) is 0. The maximum atomic E-state index is 12.9. The molecular formula is C22H23N3OS. The lowest BCUT2D eigenvalue weighted by atomic mass is 10.0. The van der Waals surface area contributed by atoms with Crippen LogP contribution in [0.5, 0.6) is 0 Å². The predicted octanol–water partition coefficient (Wildman–Crippen LogP) is 4.49. The number of nitrogens with zero attached hydrogens (tertiary/aromatic N) is 3. The maximum Gasteiger partial charge on any atom is 0.192 e. The average molecular weight is 378 g/mol. The van der Waals surface area contributed by atoms with Crippen molar-refractivity contribution in [2.24, 2.45) is 0 Å². The molecule has 3 aromatic rings. The predicted molar refractivity (Wildman–Crippen MR) is 108 cm³/mol. The number of rotatable bonds is 6. The van der Waals surface area contributed by atoms with Gasteiger partial charge in [0.05, 0.1) is 11.8 Å².